The van der Waals surface area contributed by atoms with E-state index in [-0.39, 0.29) is 6.10 Å². The summed E-state index contributed by atoms with van der Waals surface area (Å²) in [4.78, 5) is 9.82. The standard InChI is InChI=1S/C10H20N2O/c1-3-9(2)13-12-10-7-5-4-6-8-11-10/h9H,3-8H2,1-2H3,(H,11,12). The first-order valence-electron chi connectivity index (χ1n) is 5.28. The van der Waals surface area contributed by atoms with E-state index in [0.29, 0.717) is 0 Å². The third kappa shape index (κ3) is 4.27. The normalized spacial score (nSPS) is 20.3. The third-order valence-corrected chi connectivity index (χ3v) is 2.33. The van der Waals surface area contributed by atoms with E-state index in [4.69, 9.17) is 4.84 Å². The van der Waals surface area contributed by atoms with Crippen LogP contribution < -0.4 is 5.48 Å². The van der Waals surface area contributed by atoms with Crippen molar-refractivity contribution in [2.24, 2.45) is 4.99 Å². The zero-order valence-electron chi connectivity index (χ0n) is 8.68. The summed E-state index contributed by atoms with van der Waals surface area (Å²) in [6, 6.07) is 0. The molecular weight excluding hydrogens is 164 g/mol. The molecular formula is C10H20N2O. The molecule has 0 radical (unpaired) electrons. The molecule has 1 rings (SSSR count). The summed E-state index contributed by atoms with van der Waals surface area (Å²) in [5, 5.41) is 0. The van der Waals surface area contributed by atoms with Gasteiger partial charge in [-0.2, -0.15) is 0 Å². The van der Waals surface area contributed by atoms with E-state index >= 15 is 0 Å². The molecule has 0 saturated carbocycles. The molecule has 1 N–H and O–H groups in total. The molecule has 1 heterocycles. The van der Waals surface area contributed by atoms with Crippen molar-refractivity contribution in [2.75, 3.05) is 6.54 Å². The number of aliphatic imine (C=N–C) groups is 1. The number of nitrogens with zero attached hydrogens (tertiary/aromatic N) is 1. The van der Waals surface area contributed by atoms with Crippen LogP contribution >= 0.6 is 0 Å². The molecule has 0 bridgehead atoms. The van der Waals surface area contributed by atoms with Gasteiger partial charge in [0.2, 0.25) is 0 Å². The zero-order chi connectivity index (χ0) is 9.52. The molecule has 0 aromatic carbocycles. The molecule has 0 aromatic rings. The molecule has 0 spiro atoms. The number of hydroxylamine groups is 1. The van der Waals surface area contributed by atoms with Crippen molar-refractivity contribution in [1.82, 2.24) is 5.48 Å². The average Bonchev–Trinajstić information content (AvgIpc) is 2.42. The van der Waals surface area contributed by atoms with Gasteiger partial charge in [0.15, 0.2) is 0 Å². The highest BCUT2D eigenvalue weighted by atomic mass is 16.7. The molecule has 0 amide bonds. The highest BCUT2D eigenvalue weighted by molar-refractivity contribution is 5.81. The number of hydrogen-bond donors (Lipinski definition) is 1. The molecule has 1 aliphatic rings. The van der Waals surface area contributed by atoms with E-state index in [1.54, 1.807) is 0 Å². The Bertz CT molecular complexity index is 168. The van der Waals surface area contributed by atoms with Crippen LogP contribution in [0.4, 0.5) is 0 Å². The molecule has 76 valence electrons. The number of hydrogen-bond acceptors (Lipinski definition) is 3. The predicted molar refractivity (Wildman–Crippen MR) is 54.7 cm³/mol. The Labute approximate surface area is 80.5 Å². The van der Waals surface area contributed by atoms with Crippen LogP contribution in [0.5, 0.6) is 0 Å². The van der Waals surface area contributed by atoms with Gasteiger partial charge in [0.05, 0.1) is 6.10 Å². The Balaban J connectivity index is 2.22. The van der Waals surface area contributed by atoms with Gasteiger partial charge in [0, 0.05) is 13.0 Å². The molecule has 13 heavy (non-hydrogen) atoms. The van der Waals surface area contributed by atoms with Crippen molar-refractivity contribution in [3.05, 3.63) is 0 Å². The Morgan fingerprint density at radius 1 is 1.46 bits per heavy atom. The van der Waals surface area contributed by atoms with E-state index in [1.807, 2.05) is 0 Å². The van der Waals surface area contributed by atoms with Gasteiger partial charge in [-0.1, -0.05) is 13.3 Å². The average molecular weight is 184 g/mol. The second-order valence-electron chi connectivity index (χ2n) is 3.58. The summed E-state index contributed by atoms with van der Waals surface area (Å²) in [5.74, 6) is 1.03. The van der Waals surface area contributed by atoms with Crippen LogP contribution in [0, 0.1) is 0 Å². The van der Waals surface area contributed by atoms with E-state index in [9.17, 15) is 0 Å². The summed E-state index contributed by atoms with van der Waals surface area (Å²) in [7, 11) is 0. The van der Waals surface area contributed by atoms with E-state index in [1.165, 1.54) is 19.3 Å². The lowest BCUT2D eigenvalue weighted by atomic mass is 10.2. The fourth-order valence-electron chi connectivity index (χ4n) is 1.21. The number of amidine groups is 1. The summed E-state index contributed by atoms with van der Waals surface area (Å²) in [6.45, 7) is 5.12. The van der Waals surface area contributed by atoms with Crippen molar-refractivity contribution in [3.8, 4) is 0 Å². The van der Waals surface area contributed by atoms with Crippen molar-refractivity contribution >= 4 is 5.84 Å². The highest BCUT2D eigenvalue weighted by Gasteiger charge is 2.05. The first kappa shape index (κ1) is 10.5. The molecule has 1 unspecified atom stereocenters. The predicted octanol–water partition coefficient (Wildman–Crippen LogP) is 2.28. The lowest BCUT2D eigenvalue weighted by Crippen LogP contribution is -2.27. The van der Waals surface area contributed by atoms with Crippen LogP contribution in [0.15, 0.2) is 4.99 Å². The van der Waals surface area contributed by atoms with E-state index in [0.717, 1.165) is 25.2 Å². The van der Waals surface area contributed by atoms with Crippen LogP contribution in [0.25, 0.3) is 0 Å². The molecule has 0 fully saturated rings. The van der Waals surface area contributed by atoms with Crippen molar-refractivity contribution < 1.29 is 4.84 Å². The van der Waals surface area contributed by atoms with Gasteiger partial charge < -0.3 is 0 Å². The molecule has 0 aromatic heterocycles. The van der Waals surface area contributed by atoms with Gasteiger partial charge in [-0.05, 0) is 26.2 Å². The van der Waals surface area contributed by atoms with Crippen LogP contribution in [0.1, 0.15) is 46.0 Å². The maximum Gasteiger partial charge on any atom is 0.120 e. The minimum atomic E-state index is 0.269. The Morgan fingerprint density at radius 3 is 3.08 bits per heavy atom. The number of rotatable bonds is 3. The van der Waals surface area contributed by atoms with E-state index in [2.05, 4.69) is 24.3 Å². The highest BCUT2D eigenvalue weighted by Crippen LogP contribution is 2.06. The molecule has 3 nitrogen and oxygen atoms in total. The SMILES string of the molecule is CCC(C)ONC1=NCCCCC1. The molecule has 3 heteroatoms. The lowest BCUT2D eigenvalue weighted by molar-refractivity contribution is 0.0186. The van der Waals surface area contributed by atoms with Gasteiger partial charge in [0.25, 0.3) is 0 Å². The van der Waals surface area contributed by atoms with Gasteiger partial charge >= 0.3 is 0 Å². The van der Waals surface area contributed by atoms with E-state index < -0.39 is 0 Å². The van der Waals surface area contributed by atoms with Gasteiger partial charge in [-0.25, -0.2) is 0 Å². The van der Waals surface area contributed by atoms with Crippen LogP contribution in [0.2, 0.25) is 0 Å². The zero-order valence-corrected chi connectivity index (χ0v) is 8.68. The second kappa shape index (κ2) is 5.97. The Hall–Kier alpha value is -0.570. The minimum Gasteiger partial charge on any atom is -0.272 e. The topological polar surface area (TPSA) is 33.6 Å². The summed E-state index contributed by atoms with van der Waals surface area (Å²) >= 11 is 0. The Kier molecular flexibility index (Phi) is 4.83. The smallest absolute Gasteiger partial charge is 0.120 e. The van der Waals surface area contributed by atoms with Gasteiger partial charge in [-0.3, -0.25) is 15.3 Å². The second-order valence-corrected chi connectivity index (χ2v) is 3.58. The molecule has 0 aliphatic carbocycles. The van der Waals surface area contributed by atoms with Gasteiger partial charge in [-0.15, -0.1) is 0 Å². The maximum absolute atomic E-state index is 5.41. The molecule has 1 aliphatic heterocycles. The molecule has 0 saturated heterocycles. The number of nitrogens with one attached hydrogen (secondary N) is 1. The first-order chi connectivity index (χ1) is 6.33. The maximum atomic E-state index is 5.41. The third-order valence-electron chi connectivity index (χ3n) is 2.33. The fraction of sp³-hybridized carbons (Fsp3) is 0.900. The summed E-state index contributed by atoms with van der Waals surface area (Å²) in [6.07, 6.45) is 6.07. The van der Waals surface area contributed by atoms with Crippen LogP contribution in [0.3, 0.4) is 0 Å². The summed E-state index contributed by atoms with van der Waals surface area (Å²) < 4.78 is 0. The van der Waals surface area contributed by atoms with Crippen LogP contribution in [-0.4, -0.2) is 18.5 Å². The largest absolute Gasteiger partial charge is 0.272 e. The van der Waals surface area contributed by atoms with Crippen molar-refractivity contribution in [3.63, 3.8) is 0 Å². The minimum absolute atomic E-state index is 0.269. The quantitative estimate of drug-likeness (QED) is 0.683. The lowest BCUT2D eigenvalue weighted by Gasteiger charge is -2.12. The van der Waals surface area contributed by atoms with Crippen LogP contribution in [-0.2, 0) is 4.84 Å². The Morgan fingerprint density at radius 2 is 2.31 bits per heavy atom. The summed E-state index contributed by atoms with van der Waals surface area (Å²) in [5.41, 5.74) is 2.96. The monoisotopic (exact) mass is 184 g/mol. The van der Waals surface area contributed by atoms with Gasteiger partial charge in [0.1, 0.15) is 5.84 Å². The first-order valence-corrected chi connectivity index (χ1v) is 5.28. The van der Waals surface area contributed by atoms with Crippen molar-refractivity contribution in [1.29, 1.82) is 0 Å². The molecule has 1 atom stereocenters. The fourth-order valence-corrected chi connectivity index (χ4v) is 1.21. The van der Waals surface area contributed by atoms with Crippen molar-refractivity contribution in [2.45, 2.75) is 52.1 Å².